The smallest absolute Gasteiger partial charge is 0.299 e. The second-order valence-corrected chi connectivity index (χ2v) is 5.54. The third-order valence-corrected chi connectivity index (χ3v) is 4.14. The summed E-state index contributed by atoms with van der Waals surface area (Å²) < 4.78 is 6.51. The molecule has 0 amide bonds. The maximum absolute atomic E-state index is 10.4. The molecular formula is C16H10N4O2S. The largest absolute Gasteiger partial charge is 0.409 e. The summed E-state index contributed by atoms with van der Waals surface area (Å²) >= 11 is 1.35. The van der Waals surface area contributed by atoms with Crippen LogP contribution in [-0.2, 0) is 4.79 Å². The van der Waals surface area contributed by atoms with Crippen molar-refractivity contribution >= 4 is 28.7 Å². The van der Waals surface area contributed by atoms with E-state index in [0.29, 0.717) is 11.6 Å². The number of pyridine rings is 1. The predicted molar refractivity (Wildman–Crippen MR) is 86.7 cm³/mol. The van der Waals surface area contributed by atoms with Crippen molar-refractivity contribution < 1.29 is 9.53 Å². The SMILES string of the molecule is O=COc1csc(-n2nc(-c3ccccc3)c3cnccc32)n1. The number of carbonyl (C=O) groups excluding carboxylic acids is 1. The monoisotopic (exact) mass is 322 g/mol. The van der Waals surface area contributed by atoms with Gasteiger partial charge >= 0.3 is 0 Å². The molecule has 0 unspecified atom stereocenters. The molecule has 0 N–H and O–H groups in total. The van der Waals surface area contributed by atoms with Crippen LogP contribution >= 0.6 is 11.3 Å². The van der Waals surface area contributed by atoms with Gasteiger partial charge in [0.05, 0.1) is 10.9 Å². The first-order chi connectivity index (χ1) is 11.4. The average molecular weight is 322 g/mol. The Bertz CT molecular complexity index is 978. The molecule has 0 aliphatic carbocycles. The molecule has 7 heteroatoms. The first-order valence-corrected chi connectivity index (χ1v) is 7.69. The lowest BCUT2D eigenvalue weighted by Gasteiger charge is -1.96. The predicted octanol–water partition coefficient (Wildman–Crippen LogP) is 3.08. The lowest BCUT2D eigenvalue weighted by Crippen LogP contribution is -1.96. The molecule has 3 aromatic heterocycles. The molecule has 0 radical (unpaired) electrons. The normalized spacial score (nSPS) is 10.8. The fraction of sp³-hybridized carbons (Fsp3) is 0. The van der Waals surface area contributed by atoms with Gasteiger partial charge in [-0.25, -0.2) is 4.68 Å². The molecule has 23 heavy (non-hydrogen) atoms. The Morgan fingerprint density at radius 1 is 1.17 bits per heavy atom. The van der Waals surface area contributed by atoms with Crippen LogP contribution in [0.3, 0.4) is 0 Å². The van der Waals surface area contributed by atoms with E-state index in [1.165, 1.54) is 11.3 Å². The molecule has 4 aromatic rings. The summed E-state index contributed by atoms with van der Waals surface area (Å²) in [5.41, 5.74) is 2.73. The van der Waals surface area contributed by atoms with E-state index in [0.717, 1.165) is 22.2 Å². The Balaban J connectivity index is 1.92. The highest BCUT2D eigenvalue weighted by molar-refractivity contribution is 7.12. The van der Waals surface area contributed by atoms with Crippen molar-refractivity contribution in [2.75, 3.05) is 0 Å². The second kappa shape index (κ2) is 5.62. The number of benzene rings is 1. The summed E-state index contributed by atoms with van der Waals surface area (Å²) in [6.45, 7) is 0.360. The van der Waals surface area contributed by atoms with Crippen LogP contribution in [0, 0.1) is 0 Å². The van der Waals surface area contributed by atoms with Gasteiger partial charge in [0.1, 0.15) is 5.69 Å². The number of aromatic nitrogens is 4. The van der Waals surface area contributed by atoms with Crippen LogP contribution in [0.25, 0.3) is 27.3 Å². The lowest BCUT2D eigenvalue weighted by molar-refractivity contribution is -0.120. The molecule has 0 saturated heterocycles. The molecule has 0 fully saturated rings. The number of hydrogen-bond donors (Lipinski definition) is 0. The zero-order chi connectivity index (χ0) is 15.6. The minimum absolute atomic E-state index is 0.263. The van der Waals surface area contributed by atoms with E-state index in [9.17, 15) is 4.79 Å². The fourth-order valence-electron chi connectivity index (χ4n) is 2.37. The van der Waals surface area contributed by atoms with Crippen molar-refractivity contribution in [1.29, 1.82) is 0 Å². The molecular weight excluding hydrogens is 312 g/mol. The van der Waals surface area contributed by atoms with E-state index in [4.69, 9.17) is 4.74 Å². The fourth-order valence-corrected chi connectivity index (χ4v) is 3.06. The highest BCUT2D eigenvalue weighted by Crippen LogP contribution is 2.30. The van der Waals surface area contributed by atoms with Gasteiger partial charge in [0, 0.05) is 23.3 Å². The molecule has 6 nitrogen and oxygen atoms in total. The summed E-state index contributed by atoms with van der Waals surface area (Å²) in [5.74, 6) is 0.263. The van der Waals surface area contributed by atoms with Crippen LogP contribution in [0.2, 0.25) is 0 Å². The van der Waals surface area contributed by atoms with E-state index < -0.39 is 0 Å². The van der Waals surface area contributed by atoms with Gasteiger partial charge in [-0.05, 0) is 6.07 Å². The number of ether oxygens (including phenoxy) is 1. The molecule has 4 rings (SSSR count). The maximum atomic E-state index is 10.4. The van der Waals surface area contributed by atoms with Crippen molar-refractivity contribution in [3.8, 4) is 22.3 Å². The summed E-state index contributed by atoms with van der Waals surface area (Å²) in [7, 11) is 0. The third-order valence-electron chi connectivity index (χ3n) is 3.35. The molecule has 0 aliphatic heterocycles. The summed E-state index contributed by atoms with van der Waals surface area (Å²) in [6, 6.07) is 11.8. The Morgan fingerprint density at radius 2 is 2.04 bits per heavy atom. The van der Waals surface area contributed by atoms with Crippen LogP contribution in [0.4, 0.5) is 0 Å². The number of hydrogen-bond acceptors (Lipinski definition) is 6. The topological polar surface area (TPSA) is 69.9 Å². The van der Waals surface area contributed by atoms with E-state index in [2.05, 4.69) is 15.1 Å². The van der Waals surface area contributed by atoms with Crippen LogP contribution in [0.1, 0.15) is 0 Å². The van der Waals surface area contributed by atoms with Crippen LogP contribution in [-0.4, -0.2) is 26.2 Å². The van der Waals surface area contributed by atoms with Crippen molar-refractivity contribution in [3.05, 3.63) is 54.2 Å². The first kappa shape index (κ1) is 13.6. The Hall–Kier alpha value is -3.06. The van der Waals surface area contributed by atoms with Gasteiger partial charge in [-0.1, -0.05) is 41.7 Å². The summed E-state index contributed by atoms with van der Waals surface area (Å²) in [6.07, 6.45) is 3.50. The van der Waals surface area contributed by atoms with Gasteiger partial charge in [-0.15, -0.1) is 0 Å². The zero-order valence-electron chi connectivity index (χ0n) is 11.8. The molecule has 112 valence electrons. The molecule has 1 aromatic carbocycles. The van der Waals surface area contributed by atoms with Gasteiger partial charge < -0.3 is 4.74 Å². The third kappa shape index (κ3) is 2.36. The van der Waals surface area contributed by atoms with E-state index in [1.807, 2.05) is 36.4 Å². The standard InChI is InChI=1S/C16H10N4O2S/c21-10-22-14-9-23-16(18-14)20-13-6-7-17-8-12(13)15(19-20)11-4-2-1-3-5-11/h1-10H. The van der Waals surface area contributed by atoms with Gasteiger partial charge in [-0.2, -0.15) is 10.1 Å². The molecule has 3 heterocycles. The number of rotatable bonds is 4. The first-order valence-electron chi connectivity index (χ1n) is 6.81. The highest BCUT2D eigenvalue weighted by atomic mass is 32.1. The zero-order valence-corrected chi connectivity index (χ0v) is 12.6. The number of nitrogens with zero attached hydrogens (tertiary/aromatic N) is 4. The molecule has 0 atom stereocenters. The maximum Gasteiger partial charge on any atom is 0.299 e. The Morgan fingerprint density at radius 3 is 2.87 bits per heavy atom. The van der Waals surface area contributed by atoms with E-state index in [1.54, 1.807) is 22.5 Å². The molecule has 0 saturated carbocycles. The Labute approximate surface area is 135 Å². The highest BCUT2D eigenvalue weighted by Gasteiger charge is 2.15. The van der Waals surface area contributed by atoms with Gasteiger partial charge in [-0.3, -0.25) is 9.78 Å². The second-order valence-electron chi connectivity index (χ2n) is 4.70. The molecule has 0 aliphatic rings. The lowest BCUT2D eigenvalue weighted by atomic mass is 10.1. The van der Waals surface area contributed by atoms with Crippen LogP contribution in [0.15, 0.2) is 54.2 Å². The van der Waals surface area contributed by atoms with Gasteiger partial charge in [0.2, 0.25) is 11.0 Å². The van der Waals surface area contributed by atoms with Crippen molar-refractivity contribution in [1.82, 2.24) is 19.7 Å². The number of carbonyl (C=O) groups is 1. The van der Waals surface area contributed by atoms with Gasteiger partial charge in [0.25, 0.3) is 6.47 Å². The van der Waals surface area contributed by atoms with Crippen molar-refractivity contribution in [2.24, 2.45) is 0 Å². The average Bonchev–Trinajstić information content (AvgIpc) is 3.20. The summed E-state index contributed by atoms with van der Waals surface area (Å²) in [5, 5.41) is 7.91. The van der Waals surface area contributed by atoms with Crippen molar-refractivity contribution in [2.45, 2.75) is 0 Å². The minimum atomic E-state index is 0.263. The minimum Gasteiger partial charge on any atom is -0.409 e. The van der Waals surface area contributed by atoms with Crippen molar-refractivity contribution in [3.63, 3.8) is 0 Å². The number of fused-ring (bicyclic) bond motifs is 1. The van der Waals surface area contributed by atoms with Gasteiger partial charge in [0.15, 0.2) is 0 Å². The number of thiazole rings is 1. The quantitative estimate of drug-likeness (QED) is 0.540. The molecule has 0 bridgehead atoms. The molecule has 0 spiro atoms. The summed E-state index contributed by atoms with van der Waals surface area (Å²) in [4.78, 5) is 18.9. The Kier molecular flexibility index (Phi) is 3.32. The van der Waals surface area contributed by atoms with E-state index >= 15 is 0 Å². The van der Waals surface area contributed by atoms with Crippen LogP contribution < -0.4 is 4.74 Å². The van der Waals surface area contributed by atoms with Crippen LogP contribution in [0.5, 0.6) is 5.88 Å². The van der Waals surface area contributed by atoms with E-state index in [-0.39, 0.29) is 5.88 Å².